The summed E-state index contributed by atoms with van der Waals surface area (Å²) >= 11 is 1.76. The quantitative estimate of drug-likeness (QED) is 0.367. The summed E-state index contributed by atoms with van der Waals surface area (Å²) in [5.41, 5.74) is 11.3. The summed E-state index contributed by atoms with van der Waals surface area (Å²) < 4.78 is 0. The predicted octanol–water partition coefficient (Wildman–Crippen LogP) is 1.80. The van der Waals surface area contributed by atoms with Crippen LogP contribution in [0.2, 0.25) is 0 Å². The van der Waals surface area contributed by atoms with Crippen molar-refractivity contribution in [3.63, 3.8) is 0 Å². The molecule has 1 unspecified atom stereocenters. The minimum Gasteiger partial charge on any atom is -0.329 e. The minimum atomic E-state index is 0.455. The first-order chi connectivity index (χ1) is 6.31. The van der Waals surface area contributed by atoms with Crippen LogP contribution in [0.25, 0.3) is 0 Å². The molecule has 4 heteroatoms. The molecule has 0 fully saturated rings. The molecule has 4 N–H and O–H groups in total. The van der Waals surface area contributed by atoms with Crippen LogP contribution < -0.4 is 16.6 Å². The molecular weight excluding hydrogens is 182 g/mol. The molecule has 0 saturated carbocycles. The van der Waals surface area contributed by atoms with E-state index in [1.807, 2.05) is 27.7 Å². The molecule has 0 heterocycles. The molecule has 0 radical (unpaired) electrons. The maximum Gasteiger partial charge on any atom is 0.0635 e. The maximum atomic E-state index is 5.25. The third-order valence-electron chi connectivity index (χ3n) is 0.928. The second kappa shape index (κ2) is 22.8. The van der Waals surface area contributed by atoms with Crippen molar-refractivity contribution in [1.29, 1.82) is 0 Å². The Labute approximate surface area is 88.2 Å². The van der Waals surface area contributed by atoms with Crippen molar-refractivity contribution in [2.45, 2.75) is 40.0 Å². The van der Waals surface area contributed by atoms with Crippen LogP contribution in [0.1, 0.15) is 34.6 Å². The monoisotopic (exact) mass is 209 g/mol. The van der Waals surface area contributed by atoms with E-state index < -0.39 is 0 Å². The molecule has 0 amide bonds. The van der Waals surface area contributed by atoms with Crippen molar-refractivity contribution in [1.82, 2.24) is 10.9 Å². The molecule has 0 spiro atoms. The summed E-state index contributed by atoms with van der Waals surface area (Å²) in [6, 6.07) is 0. The number of rotatable bonds is 5. The Balaban J connectivity index is -0.000000218. The molecule has 0 aromatic heterocycles. The Morgan fingerprint density at radius 2 is 1.69 bits per heavy atom. The van der Waals surface area contributed by atoms with Gasteiger partial charge in [-0.3, -0.25) is 5.43 Å². The Morgan fingerprint density at radius 3 is 2.00 bits per heavy atom. The Kier molecular flexibility index (Phi) is 33.1. The van der Waals surface area contributed by atoms with Gasteiger partial charge in [0.1, 0.15) is 0 Å². The van der Waals surface area contributed by atoms with E-state index in [-0.39, 0.29) is 0 Å². The molecule has 0 bridgehead atoms. The van der Waals surface area contributed by atoms with Crippen LogP contribution >= 0.6 is 11.8 Å². The number of nitrogens with one attached hydrogen (secondary N) is 2. The highest BCUT2D eigenvalue weighted by Crippen LogP contribution is 1.97. The summed E-state index contributed by atoms with van der Waals surface area (Å²) in [7, 11) is 0. The molecule has 0 aromatic carbocycles. The van der Waals surface area contributed by atoms with E-state index in [0.717, 1.165) is 6.54 Å². The molecule has 1 atom stereocenters. The average Bonchev–Trinajstić information content (AvgIpc) is 2.24. The highest BCUT2D eigenvalue weighted by molar-refractivity contribution is 7.99. The molecule has 13 heavy (non-hydrogen) atoms. The van der Waals surface area contributed by atoms with Gasteiger partial charge in [0.2, 0.25) is 0 Å². The van der Waals surface area contributed by atoms with E-state index >= 15 is 0 Å². The van der Waals surface area contributed by atoms with Gasteiger partial charge < -0.3 is 5.73 Å². The van der Waals surface area contributed by atoms with Gasteiger partial charge in [0.25, 0.3) is 0 Å². The third-order valence-corrected chi connectivity index (χ3v) is 1.75. The number of hydrogen-bond donors (Lipinski definition) is 3. The molecule has 0 aliphatic heterocycles. The second-order valence-electron chi connectivity index (χ2n) is 1.74. The van der Waals surface area contributed by atoms with Gasteiger partial charge in [-0.05, 0) is 13.2 Å². The zero-order chi connectivity index (χ0) is 11.1. The van der Waals surface area contributed by atoms with Crippen LogP contribution in [-0.2, 0) is 0 Å². The lowest BCUT2D eigenvalue weighted by Crippen LogP contribution is -2.39. The molecule has 0 rings (SSSR count). The van der Waals surface area contributed by atoms with Crippen LogP contribution in [0.4, 0.5) is 0 Å². The first-order valence-electron chi connectivity index (χ1n) is 5.02. The normalized spacial score (nSPS) is 10.4. The van der Waals surface area contributed by atoms with E-state index in [9.17, 15) is 0 Å². The van der Waals surface area contributed by atoms with Gasteiger partial charge in [-0.2, -0.15) is 0 Å². The van der Waals surface area contributed by atoms with Gasteiger partial charge in [0.15, 0.2) is 0 Å². The van der Waals surface area contributed by atoms with Crippen LogP contribution in [0.3, 0.4) is 0 Å². The summed E-state index contributed by atoms with van der Waals surface area (Å²) in [6.07, 6.45) is 2.06. The maximum absolute atomic E-state index is 5.25. The molecule has 0 aliphatic rings. The van der Waals surface area contributed by atoms with Crippen LogP contribution in [0, 0.1) is 0 Å². The van der Waals surface area contributed by atoms with Crippen LogP contribution in [0.5, 0.6) is 0 Å². The van der Waals surface area contributed by atoms with Crippen molar-refractivity contribution in [3.05, 3.63) is 0 Å². The fraction of sp³-hybridized carbons (Fsp3) is 1.00. The Bertz CT molecular complexity index is 62.8. The summed E-state index contributed by atoms with van der Waals surface area (Å²) in [5.74, 6) is 0. The topological polar surface area (TPSA) is 50.1 Å². The first-order valence-corrected chi connectivity index (χ1v) is 6.31. The lowest BCUT2D eigenvalue weighted by Gasteiger charge is -2.10. The predicted molar refractivity (Wildman–Crippen MR) is 65.9 cm³/mol. The van der Waals surface area contributed by atoms with Crippen molar-refractivity contribution >= 4 is 11.8 Å². The fourth-order valence-corrected chi connectivity index (χ4v) is 0.548. The zero-order valence-electron chi connectivity index (χ0n) is 9.98. The van der Waals surface area contributed by atoms with Gasteiger partial charge in [-0.25, -0.2) is 5.43 Å². The average molecular weight is 209 g/mol. The molecule has 0 saturated heterocycles. The van der Waals surface area contributed by atoms with Crippen LogP contribution in [0.15, 0.2) is 0 Å². The van der Waals surface area contributed by atoms with Gasteiger partial charge in [0, 0.05) is 13.1 Å². The SMILES string of the molecule is CC.CC.CSC(C)NNCCN. The number of hydrogen-bond acceptors (Lipinski definition) is 4. The van der Waals surface area contributed by atoms with Gasteiger partial charge in [-0.15, -0.1) is 11.8 Å². The Morgan fingerprint density at radius 1 is 1.23 bits per heavy atom. The largest absolute Gasteiger partial charge is 0.329 e. The number of nitrogens with two attached hydrogens (primary N) is 1. The van der Waals surface area contributed by atoms with Crippen molar-refractivity contribution in [2.24, 2.45) is 5.73 Å². The zero-order valence-corrected chi connectivity index (χ0v) is 10.8. The van der Waals surface area contributed by atoms with E-state index in [0.29, 0.717) is 11.9 Å². The lowest BCUT2D eigenvalue weighted by molar-refractivity contribution is 0.537. The highest BCUT2D eigenvalue weighted by Gasteiger charge is 1.92. The molecule has 3 nitrogen and oxygen atoms in total. The summed E-state index contributed by atoms with van der Waals surface area (Å²) in [5, 5.41) is 0.455. The fourth-order valence-electron chi connectivity index (χ4n) is 0.347. The smallest absolute Gasteiger partial charge is 0.0635 e. The summed E-state index contributed by atoms with van der Waals surface area (Å²) in [6.45, 7) is 11.6. The van der Waals surface area contributed by atoms with Crippen molar-refractivity contribution in [2.75, 3.05) is 19.3 Å². The van der Waals surface area contributed by atoms with Crippen LogP contribution in [-0.4, -0.2) is 24.7 Å². The van der Waals surface area contributed by atoms with Crippen molar-refractivity contribution < 1.29 is 0 Å². The van der Waals surface area contributed by atoms with E-state index in [4.69, 9.17) is 5.73 Å². The highest BCUT2D eigenvalue weighted by atomic mass is 32.2. The lowest BCUT2D eigenvalue weighted by atomic mass is 10.7. The summed E-state index contributed by atoms with van der Waals surface area (Å²) in [4.78, 5) is 0. The van der Waals surface area contributed by atoms with E-state index in [2.05, 4.69) is 24.0 Å². The molecule has 84 valence electrons. The van der Waals surface area contributed by atoms with Gasteiger partial charge in [-0.1, -0.05) is 27.7 Å². The molecule has 0 aromatic rings. The molecular formula is C9H27N3S. The number of thioether (sulfide) groups is 1. The van der Waals surface area contributed by atoms with Gasteiger partial charge in [0.05, 0.1) is 5.37 Å². The number of hydrazine groups is 1. The Hall–Kier alpha value is 0.230. The third kappa shape index (κ3) is 24.5. The first kappa shape index (κ1) is 18.9. The minimum absolute atomic E-state index is 0.455. The van der Waals surface area contributed by atoms with Gasteiger partial charge >= 0.3 is 0 Å². The molecule has 0 aliphatic carbocycles. The second-order valence-corrected chi connectivity index (χ2v) is 2.92. The van der Waals surface area contributed by atoms with Crippen molar-refractivity contribution in [3.8, 4) is 0 Å². The van der Waals surface area contributed by atoms with E-state index in [1.165, 1.54) is 0 Å². The van der Waals surface area contributed by atoms with E-state index in [1.54, 1.807) is 11.8 Å². The standard InChI is InChI=1S/C5H15N3S.2C2H6/c1-5(9-2)8-7-4-3-6;2*1-2/h5,7-8H,3-4,6H2,1-2H3;2*1-2H3.